The highest BCUT2D eigenvalue weighted by Crippen LogP contribution is 2.21. The number of aryl methyl sites for hydroxylation is 1. The molecule has 22 heavy (non-hydrogen) atoms. The van der Waals surface area contributed by atoms with E-state index in [1.165, 1.54) is 6.20 Å². The van der Waals surface area contributed by atoms with Gasteiger partial charge in [-0.15, -0.1) is 0 Å². The Labute approximate surface area is 134 Å². The minimum absolute atomic E-state index is 0.0783. The molecule has 0 saturated carbocycles. The monoisotopic (exact) mass is 331 g/mol. The van der Waals surface area contributed by atoms with Crippen LogP contribution in [0.4, 0.5) is 4.79 Å². The molecule has 0 spiro atoms. The number of carbonyl (C=O) groups excluding carboxylic acids is 1. The van der Waals surface area contributed by atoms with Gasteiger partial charge in [-0.1, -0.05) is 0 Å². The van der Waals surface area contributed by atoms with Crippen molar-refractivity contribution in [1.82, 2.24) is 15.3 Å². The molecule has 1 amide bonds. The summed E-state index contributed by atoms with van der Waals surface area (Å²) < 4.78 is 5.07. The molecule has 2 unspecified atom stereocenters. The van der Waals surface area contributed by atoms with Crippen LogP contribution in [0.5, 0.6) is 0 Å². The Hall–Kier alpha value is -1.44. The van der Waals surface area contributed by atoms with E-state index < -0.39 is 23.9 Å². The van der Waals surface area contributed by atoms with Gasteiger partial charge in [0.2, 0.25) is 5.28 Å². The van der Waals surface area contributed by atoms with E-state index >= 15 is 0 Å². The van der Waals surface area contributed by atoms with Crippen LogP contribution < -0.4 is 5.32 Å². The summed E-state index contributed by atoms with van der Waals surface area (Å²) >= 11 is 5.64. The summed E-state index contributed by atoms with van der Waals surface area (Å²) in [4.78, 5) is 19.2. The summed E-state index contributed by atoms with van der Waals surface area (Å²) in [6, 6.07) is 0. The molecule has 8 heteroatoms. The molecule has 7 nitrogen and oxygen atoms in total. The van der Waals surface area contributed by atoms with Gasteiger partial charge in [0.05, 0.1) is 6.10 Å². The van der Waals surface area contributed by atoms with Crippen LogP contribution in [0.3, 0.4) is 0 Å². The van der Waals surface area contributed by atoms with E-state index in [1.807, 2.05) is 0 Å². The number of nitrogens with one attached hydrogen (secondary N) is 1. The maximum atomic E-state index is 11.5. The van der Waals surface area contributed by atoms with E-state index in [-0.39, 0.29) is 18.2 Å². The van der Waals surface area contributed by atoms with Crippen molar-refractivity contribution >= 4 is 17.7 Å². The van der Waals surface area contributed by atoms with Crippen LogP contribution in [0.25, 0.3) is 0 Å². The van der Waals surface area contributed by atoms with Gasteiger partial charge in [-0.2, -0.15) is 0 Å². The van der Waals surface area contributed by atoms with E-state index in [0.29, 0.717) is 11.3 Å². The smallest absolute Gasteiger partial charge is 0.407 e. The number of halogens is 1. The first-order valence-electron chi connectivity index (χ1n) is 6.92. The van der Waals surface area contributed by atoms with Crippen molar-refractivity contribution in [1.29, 1.82) is 0 Å². The van der Waals surface area contributed by atoms with Gasteiger partial charge in [0.1, 0.15) is 11.7 Å². The quantitative estimate of drug-likeness (QED) is 0.710. The number of nitrogens with zero attached hydrogens (tertiary/aromatic N) is 2. The average molecular weight is 332 g/mol. The second kappa shape index (κ2) is 7.71. The SMILES string of the molecule is Cc1nc(Cl)ncc1C(O)C(O)CCNC(=O)OC(C)(C)C. The molecule has 1 aromatic rings. The summed E-state index contributed by atoms with van der Waals surface area (Å²) in [7, 11) is 0. The van der Waals surface area contributed by atoms with Gasteiger partial charge in [-0.3, -0.25) is 0 Å². The van der Waals surface area contributed by atoms with E-state index in [2.05, 4.69) is 15.3 Å². The highest BCUT2D eigenvalue weighted by molar-refractivity contribution is 6.28. The molecule has 0 aliphatic carbocycles. The highest BCUT2D eigenvalue weighted by Gasteiger charge is 2.22. The molecular weight excluding hydrogens is 310 g/mol. The van der Waals surface area contributed by atoms with Gasteiger partial charge in [0.15, 0.2) is 0 Å². The van der Waals surface area contributed by atoms with Gasteiger partial charge in [-0.05, 0) is 45.7 Å². The van der Waals surface area contributed by atoms with Crippen molar-refractivity contribution in [3.8, 4) is 0 Å². The van der Waals surface area contributed by atoms with Crippen LogP contribution in [0.15, 0.2) is 6.20 Å². The Balaban J connectivity index is 2.48. The second-order valence-electron chi connectivity index (χ2n) is 5.91. The third-order valence-corrected chi connectivity index (χ3v) is 2.96. The molecule has 2 atom stereocenters. The number of aliphatic hydroxyl groups excluding tert-OH is 2. The molecule has 0 aliphatic rings. The summed E-state index contributed by atoms with van der Waals surface area (Å²) in [6.07, 6.45) is -1.26. The van der Waals surface area contributed by atoms with E-state index in [1.54, 1.807) is 27.7 Å². The molecule has 3 N–H and O–H groups in total. The molecule has 0 saturated heterocycles. The Morgan fingerprint density at radius 1 is 1.45 bits per heavy atom. The number of hydrogen-bond acceptors (Lipinski definition) is 6. The van der Waals surface area contributed by atoms with Crippen LogP contribution >= 0.6 is 11.6 Å². The zero-order valence-corrected chi connectivity index (χ0v) is 13.9. The number of rotatable bonds is 5. The Bertz CT molecular complexity index is 519. The summed E-state index contributed by atoms with van der Waals surface area (Å²) in [5.41, 5.74) is 0.306. The molecule has 0 radical (unpaired) electrons. The summed E-state index contributed by atoms with van der Waals surface area (Å²) in [6.45, 7) is 7.11. The largest absolute Gasteiger partial charge is 0.444 e. The number of aliphatic hydroxyl groups is 2. The van der Waals surface area contributed by atoms with Gasteiger partial charge < -0.3 is 20.3 Å². The molecule has 124 valence electrons. The first kappa shape index (κ1) is 18.6. The molecule has 0 aromatic carbocycles. The van der Waals surface area contributed by atoms with Crippen molar-refractivity contribution in [2.75, 3.05) is 6.54 Å². The zero-order valence-electron chi connectivity index (χ0n) is 13.1. The van der Waals surface area contributed by atoms with Crippen LogP contribution in [0, 0.1) is 6.92 Å². The number of ether oxygens (including phenoxy) is 1. The summed E-state index contributed by atoms with van der Waals surface area (Å²) in [5, 5.41) is 22.7. The molecular formula is C14H22ClN3O4. The topological polar surface area (TPSA) is 105 Å². The summed E-state index contributed by atoms with van der Waals surface area (Å²) in [5.74, 6) is 0. The third-order valence-electron chi connectivity index (χ3n) is 2.78. The lowest BCUT2D eigenvalue weighted by atomic mass is 10.0. The van der Waals surface area contributed by atoms with Crippen molar-refractivity contribution in [3.63, 3.8) is 0 Å². The van der Waals surface area contributed by atoms with Crippen molar-refractivity contribution in [3.05, 3.63) is 22.7 Å². The molecule has 0 fully saturated rings. The van der Waals surface area contributed by atoms with Crippen LogP contribution in [0.2, 0.25) is 5.28 Å². The molecule has 1 rings (SSSR count). The maximum Gasteiger partial charge on any atom is 0.407 e. The number of aromatic nitrogens is 2. The predicted octanol–water partition coefficient (Wildman–Crippen LogP) is 1.75. The molecule has 1 heterocycles. The third kappa shape index (κ3) is 6.13. The van der Waals surface area contributed by atoms with E-state index in [4.69, 9.17) is 16.3 Å². The van der Waals surface area contributed by atoms with Gasteiger partial charge >= 0.3 is 6.09 Å². The van der Waals surface area contributed by atoms with Crippen LogP contribution in [0.1, 0.15) is 44.6 Å². The second-order valence-corrected chi connectivity index (χ2v) is 6.25. The fraction of sp³-hybridized carbons (Fsp3) is 0.643. The predicted molar refractivity (Wildman–Crippen MR) is 81.6 cm³/mol. The van der Waals surface area contributed by atoms with Crippen LogP contribution in [-0.2, 0) is 4.74 Å². The lowest BCUT2D eigenvalue weighted by Crippen LogP contribution is -2.34. The average Bonchev–Trinajstić information content (AvgIpc) is 2.35. The fourth-order valence-electron chi connectivity index (χ4n) is 1.74. The van der Waals surface area contributed by atoms with Crippen molar-refractivity contribution in [2.45, 2.75) is 51.9 Å². The fourth-order valence-corrected chi connectivity index (χ4v) is 1.92. The van der Waals surface area contributed by atoms with Gasteiger partial charge in [-0.25, -0.2) is 14.8 Å². The van der Waals surface area contributed by atoms with E-state index in [0.717, 1.165) is 0 Å². The lowest BCUT2D eigenvalue weighted by molar-refractivity contribution is 0.0115. The number of alkyl carbamates (subject to hydrolysis) is 1. The molecule has 0 aliphatic heterocycles. The number of amides is 1. The van der Waals surface area contributed by atoms with Gasteiger partial charge in [0.25, 0.3) is 0 Å². The maximum absolute atomic E-state index is 11.5. The first-order chi connectivity index (χ1) is 10.1. The Morgan fingerprint density at radius 2 is 2.09 bits per heavy atom. The van der Waals surface area contributed by atoms with Crippen molar-refractivity contribution < 1.29 is 19.7 Å². The molecule has 1 aromatic heterocycles. The van der Waals surface area contributed by atoms with Crippen LogP contribution in [-0.4, -0.2) is 44.5 Å². The highest BCUT2D eigenvalue weighted by atomic mass is 35.5. The number of carbonyl (C=O) groups is 1. The minimum atomic E-state index is -1.15. The zero-order chi connectivity index (χ0) is 16.9. The standard InChI is InChI=1S/C14H22ClN3O4/c1-8-9(7-17-12(15)18-8)11(20)10(19)5-6-16-13(21)22-14(2,3)4/h7,10-11,19-20H,5-6H2,1-4H3,(H,16,21). The first-order valence-corrected chi connectivity index (χ1v) is 7.30. The Kier molecular flexibility index (Phi) is 6.52. The van der Waals surface area contributed by atoms with E-state index in [9.17, 15) is 15.0 Å². The van der Waals surface area contributed by atoms with Crippen molar-refractivity contribution in [2.24, 2.45) is 0 Å². The number of hydrogen-bond donors (Lipinski definition) is 3. The van der Waals surface area contributed by atoms with Gasteiger partial charge in [0, 0.05) is 24.0 Å². The normalized spacial score (nSPS) is 14.3. The Morgan fingerprint density at radius 3 is 2.64 bits per heavy atom. The lowest BCUT2D eigenvalue weighted by Gasteiger charge is -2.21. The molecule has 0 bridgehead atoms. The minimum Gasteiger partial charge on any atom is -0.444 e.